The fraction of sp³-hybridized carbons (Fsp3) is 0.333. The smallest absolute Gasteiger partial charge is 0.255 e. The number of aliphatic hydroxyl groups is 1. The number of hydrogen-bond acceptors (Lipinski definition) is 4. The fourth-order valence-electron chi connectivity index (χ4n) is 1.92. The predicted octanol–water partition coefficient (Wildman–Crippen LogP) is 2.95. The molecule has 0 aliphatic carbocycles. The summed E-state index contributed by atoms with van der Waals surface area (Å²) in [6.45, 7) is 3.45. The maximum absolute atomic E-state index is 12.0. The SMILES string of the molecule is Cc1nc(SCc2ccc(Cl)cc2)[nH]c(=O)c1C[C@@H](C)O. The molecule has 1 heterocycles. The van der Waals surface area contributed by atoms with E-state index in [1.807, 2.05) is 24.3 Å². The largest absolute Gasteiger partial charge is 0.393 e. The highest BCUT2D eigenvalue weighted by Gasteiger charge is 2.11. The van der Waals surface area contributed by atoms with Gasteiger partial charge in [-0.15, -0.1) is 0 Å². The van der Waals surface area contributed by atoms with Crippen molar-refractivity contribution < 1.29 is 5.11 Å². The summed E-state index contributed by atoms with van der Waals surface area (Å²) in [7, 11) is 0. The van der Waals surface area contributed by atoms with Crippen molar-refractivity contribution in [3.8, 4) is 0 Å². The Bertz CT molecular complexity index is 668. The second-order valence-electron chi connectivity index (χ2n) is 4.90. The van der Waals surface area contributed by atoms with Crippen molar-refractivity contribution in [3.63, 3.8) is 0 Å². The summed E-state index contributed by atoms with van der Waals surface area (Å²) >= 11 is 7.31. The zero-order valence-corrected chi connectivity index (χ0v) is 13.5. The van der Waals surface area contributed by atoms with Gasteiger partial charge in [0.2, 0.25) is 0 Å². The van der Waals surface area contributed by atoms with E-state index in [2.05, 4.69) is 9.97 Å². The van der Waals surface area contributed by atoms with Crippen LogP contribution in [0.1, 0.15) is 23.7 Å². The number of rotatable bonds is 5. The van der Waals surface area contributed by atoms with Gasteiger partial charge in [0.15, 0.2) is 5.16 Å². The maximum atomic E-state index is 12.0. The molecule has 6 heteroatoms. The molecule has 4 nitrogen and oxygen atoms in total. The van der Waals surface area contributed by atoms with Gasteiger partial charge in [0.1, 0.15) is 0 Å². The first-order valence-electron chi connectivity index (χ1n) is 6.61. The van der Waals surface area contributed by atoms with E-state index in [1.54, 1.807) is 13.8 Å². The number of thioether (sulfide) groups is 1. The summed E-state index contributed by atoms with van der Waals surface area (Å²) in [6.07, 6.45) is -0.241. The molecule has 0 aliphatic heterocycles. The molecule has 0 radical (unpaired) electrons. The summed E-state index contributed by atoms with van der Waals surface area (Å²) in [5.74, 6) is 0.704. The third-order valence-corrected chi connectivity index (χ3v) is 4.19. The van der Waals surface area contributed by atoms with Crippen molar-refractivity contribution in [2.24, 2.45) is 0 Å². The third kappa shape index (κ3) is 4.59. The summed E-state index contributed by atoms with van der Waals surface area (Å²) in [4.78, 5) is 19.2. The van der Waals surface area contributed by atoms with Crippen molar-refractivity contribution >= 4 is 23.4 Å². The lowest BCUT2D eigenvalue weighted by Crippen LogP contribution is -2.21. The Morgan fingerprint density at radius 2 is 2.05 bits per heavy atom. The maximum Gasteiger partial charge on any atom is 0.255 e. The molecular weight excluding hydrogens is 308 g/mol. The van der Waals surface area contributed by atoms with Gasteiger partial charge in [-0.3, -0.25) is 4.79 Å². The van der Waals surface area contributed by atoms with Crippen LogP contribution in [0.15, 0.2) is 34.2 Å². The van der Waals surface area contributed by atoms with Gasteiger partial charge in [0, 0.05) is 28.5 Å². The summed E-state index contributed by atoms with van der Waals surface area (Å²) in [6, 6.07) is 7.57. The van der Waals surface area contributed by atoms with E-state index in [0.29, 0.717) is 33.6 Å². The normalized spacial score (nSPS) is 12.4. The molecule has 0 saturated carbocycles. The van der Waals surface area contributed by atoms with E-state index in [1.165, 1.54) is 11.8 Å². The molecule has 1 aromatic carbocycles. The average Bonchev–Trinajstić information content (AvgIpc) is 2.42. The van der Waals surface area contributed by atoms with E-state index in [4.69, 9.17) is 11.6 Å². The number of benzene rings is 1. The van der Waals surface area contributed by atoms with Crippen molar-refractivity contribution in [1.29, 1.82) is 0 Å². The summed E-state index contributed by atoms with van der Waals surface area (Å²) in [5, 5.41) is 10.7. The first kappa shape index (κ1) is 16.1. The van der Waals surface area contributed by atoms with Gasteiger partial charge in [-0.05, 0) is 31.5 Å². The Morgan fingerprint density at radius 3 is 2.62 bits per heavy atom. The monoisotopic (exact) mass is 324 g/mol. The van der Waals surface area contributed by atoms with E-state index < -0.39 is 6.10 Å². The van der Waals surface area contributed by atoms with Gasteiger partial charge in [-0.1, -0.05) is 35.5 Å². The molecule has 0 saturated heterocycles. The zero-order chi connectivity index (χ0) is 15.4. The first-order chi connectivity index (χ1) is 9.95. The summed E-state index contributed by atoms with van der Waals surface area (Å²) in [5.41, 5.74) is 2.14. The molecule has 0 spiro atoms. The zero-order valence-electron chi connectivity index (χ0n) is 11.9. The molecule has 2 rings (SSSR count). The molecule has 0 fully saturated rings. The quantitative estimate of drug-likeness (QED) is 0.655. The molecule has 0 bridgehead atoms. The highest BCUT2D eigenvalue weighted by molar-refractivity contribution is 7.98. The van der Waals surface area contributed by atoms with Crippen LogP contribution in [0.3, 0.4) is 0 Å². The average molecular weight is 325 g/mol. The number of aliphatic hydroxyl groups excluding tert-OH is 1. The molecule has 0 amide bonds. The van der Waals surface area contributed by atoms with Crippen LogP contribution in [0.25, 0.3) is 0 Å². The molecule has 0 unspecified atom stereocenters. The van der Waals surface area contributed by atoms with Crippen molar-refractivity contribution in [2.45, 2.75) is 37.3 Å². The number of nitrogens with zero attached hydrogens (tertiary/aromatic N) is 1. The second kappa shape index (κ2) is 7.11. The van der Waals surface area contributed by atoms with Crippen LogP contribution in [0.5, 0.6) is 0 Å². The topological polar surface area (TPSA) is 66.0 Å². The van der Waals surface area contributed by atoms with Crippen molar-refractivity contribution in [3.05, 3.63) is 56.5 Å². The van der Waals surface area contributed by atoms with Crippen LogP contribution in [0.4, 0.5) is 0 Å². The molecule has 112 valence electrons. The molecule has 2 N–H and O–H groups in total. The minimum absolute atomic E-state index is 0.179. The lowest BCUT2D eigenvalue weighted by molar-refractivity contribution is 0.194. The second-order valence-corrected chi connectivity index (χ2v) is 6.30. The van der Waals surface area contributed by atoms with E-state index >= 15 is 0 Å². The number of halogens is 1. The third-order valence-electron chi connectivity index (χ3n) is 2.99. The Hall–Kier alpha value is -1.30. The Labute approximate surface area is 132 Å². The van der Waals surface area contributed by atoms with E-state index in [9.17, 15) is 9.90 Å². The van der Waals surface area contributed by atoms with Crippen molar-refractivity contribution in [2.75, 3.05) is 0 Å². The molecule has 1 aromatic heterocycles. The standard InChI is InChI=1S/C15H17ClN2O2S/c1-9(19)7-13-10(2)17-15(18-14(13)20)21-8-11-3-5-12(16)6-4-11/h3-6,9,19H,7-8H2,1-2H3,(H,17,18,20)/t9-/m1/s1. The highest BCUT2D eigenvalue weighted by Crippen LogP contribution is 2.20. The number of nitrogens with one attached hydrogen (secondary N) is 1. The Kier molecular flexibility index (Phi) is 5.45. The number of hydrogen-bond donors (Lipinski definition) is 2. The molecule has 21 heavy (non-hydrogen) atoms. The van der Waals surface area contributed by atoms with Crippen LogP contribution < -0.4 is 5.56 Å². The number of aromatic nitrogens is 2. The van der Waals surface area contributed by atoms with Crippen LogP contribution in [-0.4, -0.2) is 21.2 Å². The fourth-order valence-corrected chi connectivity index (χ4v) is 2.91. The lowest BCUT2D eigenvalue weighted by Gasteiger charge is -2.08. The number of aryl methyl sites for hydroxylation is 1. The Morgan fingerprint density at radius 1 is 1.38 bits per heavy atom. The van der Waals surface area contributed by atoms with Crippen molar-refractivity contribution in [1.82, 2.24) is 9.97 Å². The minimum atomic E-state index is -0.556. The van der Waals surface area contributed by atoms with E-state index in [0.717, 1.165) is 5.56 Å². The lowest BCUT2D eigenvalue weighted by atomic mass is 10.1. The molecule has 2 aromatic rings. The molecule has 1 atom stereocenters. The van der Waals surface area contributed by atoms with Crippen LogP contribution in [0, 0.1) is 6.92 Å². The van der Waals surface area contributed by atoms with Gasteiger partial charge >= 0.3 is 0 Å². The Balaban J connectivity index is 2.11. The van der Waals surface area contributed by atoms with Crippen LogP contribution in [0.2, 0.25) is 5.02 Å². The minimum Gasteiger partial charge on any atom is -0.393 e. The van der Waals surface area contributed by atoms with Gasteiger partial charge in [-0.2, -0.15) is 0 Å². The highest BCUT2D eigenvalue weighted by atomic mass is 35.5. The molecule has 0 aliphatic rings. The van der Waals surface area contributed by atoms with Gasteiger partial charge in [0.25, 0.3) is 5.56 Å². The van der Waals surface area contributed by atoms with Crippen LogP contribution in [-0.2, 0) is 12.2 Å². The number of aromatic amines is 1. The van der Waals surface area contributed by atoms with Crippen LogP contribution >= 0.6 is 23.4 Å². The number of H-pyrrole nitrogens is 1. The van der Waals surface area contributed by atoms with Gasteiger partial charge < -0.3 is 10.1 Å². The van der Waals surface area contributed by atoms with E-state index in [-0.39, 0.29) is 5.56 Å². The first-order valence-corrected chi connectivity index (χ1v) is 7.97. The molecular formula is C15H17ClN2O2S. The van der Waals surface area contributed by atoms with Gasteiger partial charge in [0.05, 0.1) is 6.10 Å². The van der Waals surface area contributed by atoms with Gasteiger partial charge in [-0.25, -0.2) is 4.98 Å². The predicted molar refractivity (Wildman–Crippen MR) is 86.0 cm³/mol. The summed E-state index contributed by atoms with van der Waals surface area (Å²) < 4.78 is 0.